The molecule has 1 amide bonds. The van der Waals surface area contributed by atoms with Crippen molar-refractivity contribution < 1.29 is 13.2 Å². The molecule has 2 rings (SSSR count). The maximum Gasteiger partial charge on any atom is 0.255 e. The van der Waals surface area contributed by atoms with Crippen molar-refractivity contribution in [2.45, 2.75) is 31.7 Å². The average molecular weight is 332 g/mol. The molecule has 5 nitrogen and oxygen atoms in total. The van der Waals surface area contributed by atoms with Crippen molar-refractivity contribution in [3.63, 3.8) is 0 Å². The first-order valence-corrected chi connectivity index (χ1v) is 8.76. The van der Waals surface area contributed by atoms with E-state index in [1.807, 2.05) is 25.1 Å². The maximum absolute atomic E-state index is 12.3. The fourth-order valence-electron chi connectivity index (χ4n) is 2.11. The van der Waals surface area contributed by atoms with E-state index in [9.17, 15) is 13.2 Å². The van der Waals surface area contributed by atoms with Gasteiger partial charge in [0.25, 0.3) is 5.91 Å². The van der Waals surface area contributed by atoms with Gasteiger partial charge in [0.1, 0.15) is 0 Å². The number of rotatable bonds is 5. The first-order chi connectivity index (χ1) is 10.8. The molecule has 0 heterocycles. The van der Waals surface area contributed by atoms with Crippen LogP contribution < -0.4 is 10.0 Å². The minimum Gasteiger partial charge on any atom is -0.322 e. The van der Waals surface area contributed by atoms with Crippen LogP contribution in [0.15, 0.2) is 53.4 Å². The Balaban J connectivity index is 2.24. The van der Waals surface area contributed by atoms with Crippen LogP contribution in [0.3, 0.4) is 0 Å². The summed E-state index contributed by atoms with van der Waals surface area (Å²) >= 11 is 0. The summed E-state index contributed by atoms with van der Waals surface area (Å²) in [5.74, 6) is -0.350. The summed E-state index contributed by atoms with van der Waals surface area (Å²) in [5.41, 5.74) is 1.99. The van der Waals surface area contributed by atoms with Gasteiger partial charge < -0.3 is 5.32 Å². The van der Waals surface area contributed by atoms with Crippen LogP contribution in [0.25, 0.3) is 0 Å². The molecule has 0 spiro atoms. The Labute approximate surface area is 136 Å². The number of aryl methyl sites for hydroxylation is 1. The summed E-state index contributed by atoms with van der Waals surface area (Å²) in [4.78, 5) is 12.4. The number of hydrogen-bond donors (Lipinski definition) is 2. The lowest BCUT2D eigenvalue weighted by Crippen LogP contribution is -2.30. The smallest absolute Gasteiger partial charge is 0.255 e. The molecular formula is C17H20N2O3S. The number of hydrogen-bond acceptors (Lipinski definition) is 3. The Hall–Kier alpha value is -2.18. The van der Waals surface area contributed by atoms with Gasteiger partial charge in [-0.2, -0.15) is 0 Å². The lowest BCUT2D eigenvalue weighted by molar-refractivity contribution is 0.102. The molecule has 0 aliphatic rings. The highest BCUT2D eigenvalue weighted by Gasteiger charge is 2.17. The lowest BCUT2D eigenvalue weighted by atomic mass is 10.2. The first-order valence-electron chi connectivity index (χ1n) is 7.28. The zero-order valence-corrected chi connectivity index (χ0v) is 14.1. The van der Waals surface area contributed by atoms with Crippen molar-refractivity contribution >= 4 is 21.6 Å². The van der Waals surface area contributed by atoms with E-state index in [0.29, 0.717) is 5.69 Å². The summed E-state index contributed by atoms with van der Waals surface area (Å²) in [6.45, 7) is 5.41. The van der Waals surface area contributed by atoms with Crippen molar-refractivity contribution in [3.05, 3.63) is 59.7 Å². The Morgan fingerprint density at radius 3 is 2.39 bits per heavy atom. The topological polar surface area (TPSA) is 75.3 Å². The third-order valence-electron chi connectivity index (χ3n) is 3.07. The molecule has 0 aromatic heterocycles. The Bertz CT molecular complexity index is 814. The van der Waals surface area contributed by atoms with Gasteiger partial charge >= 0.3 is 0 Å². The second-order valence-electron chi connectivity index (χ2n) is 5.63. The quantitative estimate of drug-likeness (QED) is 0.884. The van der Waals surface area contributed by atoms with E-state index in [0.717, 1.165) is 5.56 Å². The van der Waals surface area contributed by atoms with Crippen LogP contribution in [-0.4, -0.2) is 20.4 Å². The monoisotopic (exact) mass is 332 g/mol. The molecule has 0 saturated carbocycles. The molecular weight excluding hydrogens is 312 g/mol. The lowest BCUT2D eigenvalue weighted by Gasteiger charge is -2.11. The van der Waals surface area contributed by atoms with Crippen LogP contribution in [0.1, 0.15) is 29.8 Å². The largest absolute Gasteiger partial charge is 0.322 e. The van der Waals surface area contributed by atoms with Crippen LogP contribution in [0.4, 0.5) is 5.69 Å². The standard InChI is InChI=1S/C17H20N2O3S/c1-12(2)19-23(21,22)16-9-5-7-14(11-16)17(20)18-15-8-4-6-13(3)10-15/h4-12,19H,1-3H3,(H,18,20). The van der Waals surface area contributed by atoms with Crippen molar-refractivity contribution in [2.24, 2.45) is 0 Å². The molecule has 0 bridgehead atoms. The van der Waals surface area contributed by atoms with E-state index >= 15 is 0 Å². The summed E-state index contributed by atoms with van der Waals surface area (Å²) in [5, 5.41) is 2.76. The minimum atomic E-state index is -3.63. The number of carbonyl (C=O) groups is 1. The van der Waals surface area contributed by atoms with Gasteiger partial charge in [-0.1, -0.05) is 18.2 Å². The number of sulfonamides is 1. The summed E-state index contributed by atoms with van der Waals surface area (Å²) in [6.07, 6.45) is 0. The molecule has 2 N–H and O–H groups in total. The Morgan fingerprint density at radius 1 is 1.04 bits per heavy atom. The Kier molecular flexibility index (Phi) is 5.18. The number of amides is 1. The molecule has 0 radical (unpaired) electrons. The van der Waals surface area contributed by atoms with Crippen LogP contribution in [-0.2, 0) is 10.0 Å². The van der Waals surface area contributed by atoms with Gasteiger partial charge in [0.2, 0.25) is 10.0 Å². The van der Waals surface area contributed by atoms with Crippen LogP contribution >= 0.6 is 0 Å². The van der Waals surface area contributed by atoms with E-state index in [1.54, 1.807) is 32.0 Å². The molecule has 0 unspecified atom stereocenters. The first kappa shape index (κ1) is 17.2. The van der Waals surface area contributed by atoms with Crippen molar-refractivity contribution in [1.29, 1.82) is 0 Å². The molecule has 0 aliphatic heterocycles. The minimum absolute atomic E-state index is 0.0723. The van der Waals surface area contributed by atoms with Gasteiger partial charge in [0.15, 0.2) is 0 Å². The fraction of sp³-hybridized carbons (Fsp3) is 0.235. The second-order valence-corrected chi connectivity index (χ2v) is 7.34. The third kappa shape index (κ3) is 4.64. The molecule has 2 aromatic rings. The predicted octanol–water partition coefficient (Wildman–Crippen LogP) is 2.93. The zero-order valence-electron chi connectivity index (χ0n) is 13.3. The molecule has 0 saturated heterocycles. The van der Waals surface area contributed by atoms with E-state index < -0.39 is 10.0 Å². The molecule has 0 fully saturated rings. The van der Waals surface area contributed by atoms with E-state index in [-0.39, 0.29) is 22.4 Å². The van der Waals surface area contributed by atoms with E-state index in [1.165, 1.54) is 12.1 Å². The zero-order chi connectivity index (χ0) is 17.0. The molecule has 23 heavy (non-hydrogen) atoms. The van der Waals surface area contributed by atoms with Crippen LogP contribution in [0.2, 0.25) is 0 Å². The third-order valence-corrected chi connectivity index (χ3v) is 4.73. The van der Waals surface area contributed by atoms with E-state index in [4.69, 9.17) is 0 Å². The van der Waals surface area contributed by atoms with Gasteiger partial charge in [-0.05, 0) is 56.7 Å². The number of benzene rings is 2. The second kappa shape index (κ2) is 6.93. The highest BCUT2D eigenvalue weighted by atomic mass is 32.2. The summed E-state index contributed by atoms with van der Waals surface area (Å²) in [6, 6.07) is 13.2. The average Bonchev–Trinajstić information content (AvgIpc) is 2.46. The van der Waals surface area contributed by atoms with Gasteiger partial charge in [-0.15, -0.1) is 0 Å². The van der Waals surface area contributed by atoms with Crippen LogP contribution in [0.5, 0.6) is 0 Å². The van der Waals surface area contributed by atoms with Crippen molar-refractivity contribution in [3.8, 4) is 0 Å². The van der Waals surface area contributed by atoms with Gasteiger partial charge in [0.05, 0.1) is 4.90 Å². The van der Waals surface area contributed by atoms with Gasteiger partial charge in [-0.3, -0.25) is 4.79 Å². The number of anilines is 1. The van der Waals surface area contributed by atoms with Gasteiger partial charge in [-0.25, -0.2) is 13.1 Å². The molecule has 0 atom stereocenters. The molecule has 2 aromatic carbocycles. The van der Waals surface area contributed by atoms with Crippen molar-refractivity contribution in [2.75, 3.05) is 5.32 Å². The van der Waals surface area contributed by atoms with E-state index in [2.05, 4.69) is 10.0 Å². The van der Waals surface area contributed by atoms with Gasteiger partial charge in [0, 0.05) is 17.3 Å². The summed E-state index contributed by atoms with van der Waals surface area (Å²) in [7, 11) is -3.63. The predicted molar refractivity (Wildman–Crippen MR) is 91.0 cm³/mol. The number of nitrogens with one attached hydrogen (secondary N) is 2. The normalized spacial score (nSPS) is 11.5. The highest BCUT2D eigenvalue weighted by molar-refractivity contribution is 7.89. The number of carbonyl (C=O) groups excluding carboxylic acids is 1. The maximum atomic E-state index is 12.3. The molecule has 122 valence electrons. The summed E-state index contributed by atoms with van der Waals surface area (Å²) < 4.78 is 26.9. The Morgan fingerprint density at radius 2 is 1.74 bits per heavy atom. The van der Waals surface area contributed by atoms with Crippen molar-refractivity contribution in [1.82, 2.24) is 4.72 Å². The van der Waals surface area contributed by atoms with Crippen LogP contribution in [0, 0.1) is 6.92 Å². The molecule has 6 heteroatoms. The highest BCUT2D eigenvalue weighted by Crippen LogP contribution is 2.15. The fourth-order valence-corrected chi connectivity index (χ4v) is 3.41. The molecule has 0 aliphatic carbocycles. The SMILES string of the molecule is Cc1cccc(NC(=O)c2cccc(S(=O)(=O)NC(C)C)c2)c1.